The lowest BCUT2D eigenvalue weighted by molar-refractivity contribution is -0.118. The van der Waals surface area contributed by atoms with Gasteiger partial charge in [0.25, 0.3) is 0 Å². The Morgan fingerprint density at radius 2 is 1.88 bits per heavy atom. The third kappa shape index (κ3) is 5.97. The van der Waals surface area contributed by atoms with Crippen LogP contribution >= 0.6 is 11.6 Å². The Hall–Kier alpha value is -2.34. The van der Waals surface area contributed by atoms with Crippen molar-refractivity contribution in [1.82, 2.24) is 10.7 Å². The molecular formula is C22H29ClN4O6. The van der Waals surface area contributed by atoms with Gasteiger partial charge >= 0.3 is 0 Å². The molecule has 1 unspecified atom stereocenters. The van der Waals surface area contributed by atoms with Crippen molar-refractivity contribution in [3.8, 4) is 0 Å². The van der Waals surface area contributed by atoms with Crippen LogP contribution in [-0.2, 0) is 4.79 Å². The van der Waals surface area contributed by atoms with Crippen molar-refractivity contribution < 1.29 is 30.3 Å². The lowest BCUT2D eigenvalue weighted by Gasteiger charge is -2.37. The lowest BCUT2D eigenvalue weighted by Crippen LogP contribution is -2.47. The van der Waals surface area contributed by atoms with Gasteiger partial charge in [-0.3, -0.25) is 4.79 Å². The van der Waals surface area contributed by atoms with Gasteiger partial charge in [0, 0.05) is 22.7 Å². The van der Waals surface area contributed by atoms with Gasteiger partial charge in [-0.05, 0) is 29.5 Å². The van der Waals surface area contributed by atoms with Crippen LogP contribution in [0, 0.1) is 5.41 Å². The maximum Gasteiger partial charge on any atom is 0.217 e. The highest BCUT2D eigenvalue weighted by molar-refractivity contribution is 6.30. The summed E-state index contributed by atoms with van der Waals surface area (Å²) in [5.41, 5.74) is 4.51. The van der Waals surface area contributed by atoms with Crippen LogP contribution in [0.4, 0.5) is 0 Å². The number of benzene rings is 1. The van der Waals surface area contributed by atoms with Gasteiger partial charge in [-0.25, -0.2) is 10.4 Å². The zero-order valence-electron chi connectivity index (χ0n) is 18.3. The Bertz CT molecular complexity index is 962. The minimum absolute atomic E-state index is 0.00924. The van der Waals surface area contributed by atoms with Crippen molar-refractivity contribution in [2.75, 3.05) is 6.61 Å². The number of halogens is 1. The van der Waals surface area contributed by atoms with Gasteiger partial charge in [0.1, 0.15) is 30.5 Å². The third-order valence-corrected chi connectivity index (χ3v) is 5.84. The first-order valence-electron chi connectivity index (χ1n) is 10.5. The van der Waals surface area contributed by atoms with Crippen LogP contribution in [0.15, 0.2) is 45.6 Å². The minimum Gasteiger partial charge on any atom is -0.394 e. The molecule has 5 atom stereocenters. The summed E-state index contributed by atoms with van der Waals surface area (Å²) in [6, 6.07) is 6.47. The Morgan fingerprint density at radius 1 is 1.21 bits per heavy atom. The number of hydrogen-bond acceptors (Lipinski definition) is 10. The SMILES string of the molecule is CC1(C)CC(=O)C2=C(C1)NC(N/N=C/[C@H](O)[C@@H](O)[C@H](O)[C@H](O)CO)=NC2c1ccc(Cl)cc1. The number of aliphatic hydroxyl groups is 5. The van der Waals surface area contributed by atoms with Crippen LogP contribution in [0.25, 0.3) is 0 Å². The van der Waals surface area contributed by atoms with Crippen LogP contribution in [0.5, 0.6) is 0 Å². The Labute approximate surface area is 196 Å². The Balaban J connectivity index is 1.81. The van der Waals surface area contributed by atoms with Crippen molar-refractivity contribution >= 4 is 29.6 Å². The highest BCUT2D eigenvalue weighted by Gasteiger charge is 2.39. The van der Waals surface area contributed by atoms with Crippen LogP contribution < -0.4 is 10.7 Å². The summed E-state index contributed by atoms with van der Waals surface area (Å²) < 4.78 is 0. The summed E-state index contributed by atoms with van der Waals surface area (Å²) in [5, 5.41) is 55.4. The van der Waals surface area contributed by atoms with Crippen LogP contribution in [0.3, 0.4) is 0 Å². The van der Waals surface area contributed by atoms with E-state index in [4.69, 9.17) is 16.7 Å². The third-order valence-electron chi connectivity index (χ3n) is 5.59. The molecule has 1 aromatic carbocycles. The molecule has 0 aromatic heterocycles. The molecule has 2 aliphatic rings. The number of nitrogens with zero attached hydrogens (tertiary/aromatic N) is 2. The molecule has 0 saturated heterocycles. The molecular weight excluding hydrogens is 452 g/mol. The van der Waals surface area contributed by atoms with E-state index in [1.54, 1.807) is 24.3 Å². The van der Waals surface area contributed by atoms with Gasteiger partial charge in [0.2, 0.25) is 5.96 Å². The molecule has 1 aromatic rings. The smallest absolute Gasteiger partial charge is 0.217 e. The number of aliphatic hydroxyl groups excluding tert-OH is 5. The zero-order valence-corrected chi connectivity index (χ0v) is 19.1. The maximum atomic E-state index is 13.0. The standard InChI is InChI=1S/C22H29ClN4O6/c1-22(2)7-13-17(14(29)8-22)18(11-3-5-12(23)6-4-11)26-21(25-13)27-24-9-15(30)19(32)20(33)16(31)10-28/h3-6,9,15-16,18-20,28,30-33H,7-8,10H2,1-2H3,(H2,25,26,27)/b24-9+/t15-,16+,18?,19+,20+/m0/s1. The number of carbonyl (C=O) groups is 1. The monoisotopic (exact) mass is 480 g/mol. The zero-order chi connectivity index (χ0) is 24.3. The quantitative estimate of drug-likeness (QED) is 0.211. The van der Waals surface area contributed by atoms with Crippen molar-refractivity contribution in [2.24, 2.45) is 15.5 Å². The molecule has 0 saturated carbocycles. The normalized spacial score (nSPS) is 23.9. The summed E-state index contributed by atoms with van der Waals surface area (Å²) in [6.07, 6.45) is -4.83. The van der Waals surface area contributed by atoms with Gasteiger partial charge in [-0.2, -0.15) is 5.10 Å². The van der Waals surface area contributed by atoms with Crippen LogP contribution in [-0.4, -0.2) is 74.5 Å². The van der Waals surface area contributed by atoms with E-state index < -0.39 is 37.1 Å². The summed E-state index contributed by atoms with van der Waals surface area (Å²) in [7, 11) is 0. The first-order chi connectivity index (χ1) is 15.5. The summed E-state index contributed by atoms with van der Waals surface area (Å²) in [4.78, 5) is 17.5. The molecule has 180 valence electrons. The highest BCUT2D eigenvalue weighted by atomic mass is 35.5. The molecule has 11 heteroatoms. The van der Waals surface area contributed by atoms with Gasteiger partial charge in [-0.15, -0.1) is 0 Å². The van der Waals surface area contributed by atoms with E-state index in [-0.39, 0.29) is 17.2 Å². The number of aliphatic imine (C=N–C) groups is 1. The summed E-state index contributed by atoms with van der Waals surface area (Å²) >= 11 is 6.01. The summed E-state index contributed by atoms with van der Waals surface area (Å²) in [6.45, 7) is 3.24. The fraction of sp³-hybridized carbons (Fsp3) is 0.500. The Kier molecular flexibility index (Phi) is 7.88. The molecule has 1 aliphatic carbocycles. The van der Waals surface area contributed by atoms with E-state index >= 15 is 0 Å². The molecule has 10 nitrogen and oxygen atoms in total. The number of hydrazone groups is 1. The number of guanidine groups is 1. The van der Waals surface area contributed by atoms with Crippen molar-refractivity contribution in [3.63, 3.8) is 0 Å². The minimum atomic E-state index is -1.77. The molecule has 0 radical (unpaired) electrons. The predicted octanol–water partition coefficient (Wildman–Crippen LogP) is -0.00520. The van der Waals surface area contributed by atoms with E-state index in [2.05, 4.69) is 20.8 Å². The van der Waals surface area contributed by atoms with E-state index in [0.29, 0.717) is 23.4 Å². The Morgan fingerprint density at radius 3 is 2.52 bits per heavy atom. The van der Waals surface area contributed by atoms with Crippen molar-refractivity contribution in [2.45, 2.75) is 57.1 Å². The fourth-order valence-corrected chi connectivity index (χ4v) is 4.00. The average molecular weight is 481 g/mol. The molecule has 0 bridgehead atoms. The number of carbonyl (C=O) groups excluding carboxylic acids is 1. The highest BCUT2D eigenvalue weighted by Crippen LogP contribution is 2.42. The first-order valence-corrected chi connectivity index (χ1v) is 10.9. The molecule has 3 rings (SSSR count). The molecule has 1 aliphatic heterocycles. The number of allylic oxidation sites excluding steroid dienone is 1. The molecule has 0 spiro atoms. The molecule has 0 fully saturated rings. The lowest BCUT2D eigenvalue weighted by atomic mass is 9.73. The molecule has 7 N–H and O–H groups in total. The topological polar surface area (TPSA) is 167 Å². The maximum absolute atomic E-state index is 13.0. The van der Waals surface area contributed by atoms with E-state index in [0.717, 1.165) is 17.5 Å². The van der Waals surface area contributed by atoms with Crippen LogP contribution in [0.1, 0.15) is 38.3 Å². The van der Waals surface area contributed by atoms with E-state index in [9.17, 15) is 25.2 Å². The fourth-order valence-electron chi connectivity index (χ4n) is 3.88. The number of nitrogens with one attached hydrogen (secondary N) is 2. The van der Waals surface area contributed by atoms with Gasteiger partial charge in [-0.1, -0.05) is 37.6 Å². The second-order valence-corrected chi connectivity index (χ2v) is 9.44. The molecule has 0 amide bonds. The first kappa shape index (κ1) is 25.3. The number of hydrogen-bond donors (Lipinski definition) is 7. The van der Waals surface area contributed by atoms with Gasteiger partial charge in [0.15, 0.2) is 5.78 Å². The predicted molar refractivity (Wildman–Crippen MR) is 123 cm³/mol. The van der Waals surface area contributed by atoms with Gasteiger partial charge in [0.05, 0.1) is 12.8 Å². The average Bonchev–Trinajstić information content (AvgIpc) is 2.76. The van der Waals surface area contributed by atoms with E-state index in [1.807, 2.05) is 13.8 Å². The molecule has 1 heterocycles. The van der Waals surface area contributed by atoms with Gasteiger partial charge < -0.3 is 30.8 Å². The van der Waals surface area contributed by atoms with Crippen molar-refractivity contribution in [3.05, 3.63) is 46.1 Å². The second-order valence-electron chi connectivity index (χ2n) is 9.00. The summed E-state index contributed by atoms with van der Waals surface area (Å²) in [5.74, 6) is 0.239. The largest absolute Gasteiger partial charge is 0.394 e. The number of ketones is 1. The van der Waals surface area contributed by atoms with Crippen molar-refractivity contribution in [1.29, 1.82) is 0 Å². The van der Waals surface area contributed by atoms with E-state index in [1.165, 1.54) is 0 Å². The number of rotatable bonds is 7. The molecule has 33 heavy (non-hydrogen) atoms. The second kappa shape index (κ2) is 10.3. The number of Topliss-reactive ketones (excluding diaryl/α,β-unsaturated/α-hetero) is 1. The van der Waals surface area contributed by atoms with Crippen LogP contribution in [0.2, 0.25) is 5.02 Å².